The molecule has 0 amide bonds. The molecule has 0 aromatic carbocycles. The van der Waals surface area contributed by atoms with Gasteiger partial charge in [-0.3, -0.25) is 4.98 Å². The molecule has 2 rings (SSSR count). The fourth-order valence-electron chi connectivity index (χ4n) is 1.21. The first kappa shape index (κ1) is 11.2. The van der Waals surface area contributed by atoms with E-state index in [4.69, 9.17) is 5.73 Å². The Labute approximate surface area is 97.2 Å². The van der Waals surface area contributed by atoms with Crippen LogP contribution < -0.4 is 5.73 Å². The maximum Gasteiger partial charge on any atom is 0.141 e. The highest BCUT2D eigenvalue weighted by molar-refractivity contribution is 7.10. The summed E-state index contributed by atoms with van der Waals surface area (Å²) in [6, 6.07) is 2.98. The van der Waals surface area contributed by atoms with Gasteiger partial charge in [0.1, 0.15) is 10.8 Å². The second-order valence-corrected chi connectivity index (χ2v) is 4.98. The van der Waals surface area contributed by atoms with Crippen LogP contribution in [0, 0.1) is 5.82 Å². The van der Waals surface area contributed by atoms with Crippen molar-refractivity contribution in [3.63, 3.8) is 0 Å². The Hall–Kier alpha value is -1.33. The molecule has 84 valence electrons. The van der Waals surface area contributed by atoms with E-state index in [1.807, 2.05) is 19.2 Å². The summed E-state index contributed by atoms with van der Waals surface area (Å²) < 4.78 is 12.7. The van der Waals surface area contributed by atoms with Gasteiger partial charge in [-0.25, -0.2) is 9.37 Å². The molecule has 0 atom stereocenters. The van der Waals surface area contributed by atoms with Crippen LogP contribution in [0.3, 0.4) is 0 Å². The fraction of sp³-hybridized carbons (Fsp3) is 0.273. The van der Waals surface area contributed by atoms with Crippen molar-refractivity contribution in [3.05, 3.63) is 34.5 Å². The van der Waals surface area contributed by atoms with Crippen LogP contribution >= 0.6 is 11.3 Å². The zero-order chi connectivity index (χ0) is 11.8. The summed E-state index contributed by atoms with van der Waals surface area (Å²) in [5.74, 6) is -0.349. The molecule has 0 saturated carbocycles. The molecule has 3 nitrogen and oxygen atoms in total. The first-order chi connectivity index (χ1) is 7.47. The number of halogens is 1. The monoisotopic (exact) mass is 237 g/mol. The van der Waals surface area contributed by atoms with Crippen LogP contribution in [-0.2, 0) is 5.54 Å². The summed E-state index contributed by atoms with van der Waals surface area (Å²) in [6.45, 7) is 3.79. The zero-order valence-corrected chi connectivity index (χ0v) is 9.88. The van der Waals surface area contributed by atoms with Gasteiger partial charge < -0.3 is 5.73 Å². The molecule has 0 aliphatic rings. The van der Waals surface area contributed by atoms with Gasteiger partial charge in [-0.15, -0.1) is 11.3 Å². The summed E-state index contributed by atoms with van der Waals surface area (Å²) in [7, 11) is 0. The van der Waals surface area contributed by atoms with E-state index in [0.29, 0.717) is 5.69 Å². The molecule has 2 aromatic heterocycles. The third-order valence-electron chi connectivity index (χ3n) is 2.05. The summed E-state index contributed by atoms with van der Waals surface area (Å²) in [4.78, 5) is 8.36. The average molecular weight is 237 g/mol. The number of nitrogens with zero attached hydrogens (tertiary/aromatic N) is 2. The van der Waals surface area contributed by atoms with Crippen molar-refractivity contribution >= 4 is 11.3 Å². The molecule has 2 heterocycles. The van der Waals surface area contributed by atoms with Gasteiger partial charge in [-0.1, -0.05) is 0 Å². The topological polar surface area (TPSA) is 51.8 Å². The average Bonchev–Trinajstić information content (AvgIpc) is 2.67. The number of aromatic nitrogens is 2. The Balaban J connectivity index is 2.35. The third kappa shape index (κ3) is 2.25. The molecule has 0 unspecified atom stereocenters. The van der Waals surface area contributed by atoms with E-state index >= 15 is 0 Å². The minimum absolute atomic E-state index is 0.349. The van der Waals surface area contributed by atoms with Crippen LogP contribution in [0.25, 0.3) is 11.4 Å². The largest absolute Gasteiger partial charge is 0.320 e. The quantitative estimate of drug-likeness (QED) is 0.873. The van der Waals surface area contributed by atoms with Crippen LogP contribution in [0.1, 0.15) is 18.9 Å². The van der Waals surface area contributed by atoms with Crippen molar-refractivity contribution in [2.45, 2.75) is 19.4 Å². The lowest BCUT2D eigenvalue weighted by Gasteiger charge is -2.13. The van der Waals surface area contributed by atoms with Gasteiger partial charge >= 0.3 is 0 Å². The second-order valence-electron chi connectivity index (χ2n) is 4.12. The molecule has 0 saturated heterocycles. The molecule has 5 heteroatoms. The lowest BCUT2D eigenvalue weighted by Crippen LogP contribution is -2.28. The maximum atomic E-state index is 12.7. The van der Waals surface area contributed by atoms with Gasteiger partial charge in [-0.05, 0) is 26.0 Å². The highest BCUT2D eigenvalue weighted by Crippen LogP contribution is 2.26. The standard InChI is InChI=1S/C11H12FN3S/c1-11(2,13)10-15-9(6-16-10)8-4-3-7(12)5-14-8/h3-6H,13H2,1-2H3. The minimum Gasteiger partial charge on any atom is -0.320 e. The van der Waals surface area contributed by atoms with Crippen LogP contribution in [0.5, 0.6) is 0 Å². The van der Waals surface area contributed by atoms with E-state index < -0.39 is 5.54 Å². The van der Waals surface area contributed by atoms with E-state index in [-0.39, 0.29) is 5.82 Å². The first-order valence-corrected chi connectivity index (χ1v) is 5.71. The maximum absolute atomic E-state index is 12.7. The Morgan fingerprint density at radius 1 is 1.31 bits per heavy atom. The molecule has 0 radical (unpaired) electrons. The molecular weight excluding hydrogens is 225 g/mol. The first-order valence-electron chi connectivity index (χ1n) is 4.83. The molecule has 0 spiro atoms. The summed E-state index contributed by atoms with van der Waals surface area (Å²) in [5.41, 5.74) is 6.88. The molecule has 0 bridgehead atoms. The highest BCUT2D eigenvalue weighted by Gasteiger charge is 2.19. The molecule has 2 N–H and O–H groups in total. The van der Waals surface area contributed by atoms with Crippen molar-refractivity contribution in [3.8, 4) is 11.4 Å². The van der Waals surface area contributed by atoms with Crippen LogP contribution in [0.4, 0.5) is 4.39 Å². The lowest BCUT2D eigenvalue weighted by atomic mass is 10.1. The Morgan fingerprint density at radius 2 is 2.06 bits per heavy atom. The highest BCUT2D eigenvalue weighted by atomic mass is 32.1. The predicted molar refractivity (Wildman–Crippen MR) is 62.5 cm³/mol. The number of thiazole rings is 1. The minimum atomic E-state index is -0.455. The smallest absolute Gasteiger partial charge is 0.141 e. The van der Waals surface area contributed by atoms with Gasteiger partial charge in [0.25, 0.3) is 0 Å². The lowest BCUT2D eigenvalue weighted by molar-refractivity contribution is 0.550. The van der Waals surface area contributed by atoms with Gasteiger partial charge in [0.15, 0.2) is 0 Å². The normalized spacial score (nSPS) is 11.8. The Morgan fingerprint density at radius 3 is 2.56 bits per heavy atom. The van der Waals surface area contributed by atoms with Crippen molar-refractivity contribution in [1.29, 1.82) is 0 Å². The SMILES string of the molecule is CC(C)(N)c1nc(-c2ccc(F)cn2)cs1. The van der Waals surface area contributed by atoms with E-state index in [0.717, 1.165) is 10.7 Å². The van der Waals surface area contributed by atoms with Crippen molar-refractivity contribution in [2.75, 3.05) is 0 Å². The van der Waals surface area contributed by atoms with E-state index in [2.05, 4.69) is 9.97 Å². The van der Waals surface area contributed by atoms with Crippen LogP contribution in [0.2, 0.25) is 0 Å². The van der Waals surface area contributed by atoms with Crippen LogP contribution in [0.15, 0.2) is 23.7 Å². The summed E-state index contributed by atoms with van der Waals surface area (Å²) in [5, 5.41) is 2.72. The summed E-state index contributed by atoms with van der Waals surface area (Å²) in [6.07, 6.45) is 1.18. The second kappa shape index (κ2) is 3.92. The van der Waals surface area contributed by atoms with E-state index in [9.17, 15) is 4.39 Å². The van der Waals surface area contributed by atoms with Crippen molar-refractivity contribution in [2.24, 2.45) is 5.73 Å². The molecule has 16 heavy (non-hydrogen) atoms. The number of hydrogen-bond acceptors (Lipinski definition) is 4. The van der Waals surface area contributed by atoms with Crippen molar-refractivity contribution < 1.29 is 4.39 Å². The Kier molecular flexibility index (Phi) is 2.73. The number of rotatable bonds is 2. The van der Waals surface area contributed by atoms with Crippen molar-refractivity contribution in [1.82, 2.24) is 9.97 Å². The molecule has 0 aliphatic carbocycles. The number of hydrogen-bond donors (Lipinski definition) is 1. The van der Waals surface area contributed by atoms with Crippen LogP contribution in [-0.4, -0.2) is 9.97 Å². The number of pyridine rings is 1. The summed E-state index contributed by atoms with van der Waals surface area (Å²) >= 11 is 1.49. The molecule has 2 aromatic rings. The predicted octanol–water partition coefficient (Wildman–Crippen LogP) is 2.54. The van der Waals surface area contributed by atoms with Gasteiger partial charge in [0, 0.05) is 5.38 Å². The van der Waals surface area contributed by atoms with E-state index in [1.54, 1.807) is 6.07 Å². The van der Waals surface area contributed by atoms with E-state index in [1.165, 1.54) is 23.6 Å². The molecular formula is C11H12FN3S. The van der Waals surface area contributed by atoms with Gasteiger partial charge in [0.2, 0.25) is 0 Å². The van der Waals surface area contributed by atoms with Gasteiger partial charge in [-0.2, -0.15) is 0 Å². The zero-order valence-electron chi connectivity index (χ0n) is 9.07. The molecule has 0 fully saturated rings. The van der Waals surface area contributed by atoms with Gasteiger partial charge in [0.05, 0.1) is 23.1 Å². The number of nitrogens with two attached hydrogens (primary N) is 1. The third-order valence-corrected chi connectivity index (χ3v) is 3.23. The fourth-order valence-corrected chi connectivity index (χ4v) is 2.07. The Bertz CT molecular complexity index is 485. The molecule has 0 aliphatic heterocycles.